The summed E-state index contributed by atoms with van der Waals surface area (Å²) in [4.78, 5) is 44.2. The maximum absolute atomic E-state index is 10.9. The third kappa shape index (κ3) is 4.85. The fourth-order valence-corrected chi connectivity index (χ4v) is 2.88. The molecule has 1 aromatic heterocycles. The van der Waals surface area contributed by atoms with E-state index in [-0.39, 0.29) is 16.1 Å². The first-order valence-corrected chi connectivity index (χ1v) is 6.84. The number of thiophene rings is 1. The lowest BCUT2D eigenvalue weighted by molar-refractivity contribution is -0.137. The van der Waals surface area contributed by atoms with Crippen molar-refractivity contribution in [2.75, 3.05) is 18.0 Å². The zero-order valence-electron chi connectivity index (χ0n) is 11.8. The van der Waals surface area contributed by atoms with Crippen molar-refractivity contribution in [3.63, 3.8) is 0 Å². The van der Waals surface area contributed by atoms with E-state index in [1.54, 1.807) is 6.07 Å². The van der Waals surface area contributed by atoms with Crippen molar-refractivity contribution in [2.45, 2.75) is 6.42 Å². The Labute approximate surface area is 137 Å². The highest BCUT2D eigenvalue weighted by molar-refractivity contribution is 7.18. The molecule has 0 radical (unpaired) electrons. The van der Waals surface area contributed by atoms with E-state index in [0.29, 0.717) is 11.3 Å². The third-order valence-corrected chi connectivity index (χ3v) is 3.68. The van der Waals surface area contributed by atoms with E-state index in [2.05, 4.69) is 4.74 Å². The van der Waals surface area contributed by atoms with E-state index in [0.717, 1.165) is 4.90 Å². The van der Waals surface area contributed by atoms with E-state index in [1.807, 2.05) is 0 Å². The van der Waals surface area contributed by atoms with Gasteiger partial charge in [0.2, 0.25) is 0 Å². The van der Waals surface area contributed by atoms with Crippen LogP contribution in [-0.2, 0) is 20.8 Å². The van der Waals surface area contributed by atoms with Crippen molar-refractivity contribution >= 4 is 40.4 Å². The van der Waals surface area contributed by atoms with Crippen LogP contribution in [0.3, 0.4) is 0 Å². The van der Waals surface area contributed by atoms with Crippen LogP contribution in [0.25, 0.3) is 0 Å². The van der Waals surface area contributed by atoms with E-state index >= 15 is 0 Å². The lowest BCUT2D eigenvalue weighted by Crippen LogP contribution is -2.34. The highest BCUT2D eigenvalue weighted by Crippen LogP contribution is 2.41. The Morgan fingerprint density at radius 2 is 1.58 bits per heavy atom. The molecule has 0 aromatic carbocycles. The third-order valence-electron chi connectivity index (χ3n) is 2.51. The van der Waals surface area contributed by atoms with Gasteiger partial charge in [0.25, 0.3) is 0 Å². The van der Waals surface area contributed by atoms with Crippen LogP contribution in [-0.4, -0.2) is 57.6 Å². The molecule has 24 heavy (non-hydrogen) atoms. The molecule has 12 heteroatoms. The summed E-state index contributed by atoms with van der Waals surface area (Å²) in [7, 11) is 0. The van der Waals surface area contributed by atoms with Gasteiger partial charge in [-0.2, -0.15) is 5.26 Å². The Kier molecular flexibility index (Phi) is 6.07. The predicted octanol–water partition coefficient (Wildman–Crippen LogP) is 0.279. The van der Waals surface area contributed by atoms with E-state index in [9.17, 15) is 24.4 Å². The maximum Gasteiger partial charge on any atom is 0.512 e. The normalized spacial score (nSPS) is 9.79. The molecule has 0 aliphatic carbocycles. The van der Waals surface area contributed by atoms with Gasteiger partial charge in [0.15, 0.2) is 5.06 Å². The molecule has 1 rings (SSSR count). The van der Waals surface area contributed by atoms with Gasteiger partial charge in [0.05, 0.1) is 12.0 Å². The standard InChI is InChI=1S/C12H10N2O9S/c13-2-6-5(1-7(15)16)11(23-12(21)22)24-10(6)14(3-8(17)18)4-9(19)20/h1,3-4H2,(H,15,16)(H,17,18)(H,19,20)(H,21,22). The number of anilines is 1. The molecule has 11 nitrogen and oxygen atoms in total. The number of ether oxygens (including phenoxy) is 1. The minimum atomic E-state index is -1.76. The second kappa shape index (κ2) is 7.79. The van der Waals surface area contributed by atoms with Crippen LogP contribution in [0.5, 0.6) is 5.06 Å². The fourth-order valence-electron chi connectivity index (χ4n) is 1.77. The van der Waals surface area contributed by atoms with Gasteiger partial charge in [-0.1, -0.05) is 11.3 Å². The second-order valence-electron chi connectivity index (χ2n) is 4.24. The minimum Gasteiger partial charge on any atom is -0.481 e. The Hall–Kier alpha value is -3.33. The fraction of sp³-hybridized carbons (Fsp3) is 0.250. The minimum absolute atomic E-state index is 0.199. The molecule has 0 unspecified atom stereocenters. The molecule has 0 saturated heterocycles. The number of carbonyl (C=O) groups is 4. The van der Waals surface area contributed by atoms with Gasteiger partial charge in [0.1, 0.15) is 24.2 Å². The zero-order chi connectivity index (χ0) is 18.4. The molecule has 1 aromatic rings. The summed E-state index contributed by atoms with van der Waals surface area (Å²) < 4.78 is 4.43. The molecule has 0 fully saturated rings. The van der Waals surface area contributed by atoms with E-state index in [4.69, 9.17) is 20.4 Å². The molecule has 4 N–H and O–H groups in total. The van der Waals surface area contributed by atoms with Crippen molar-refractivity contribution in [3.8, 4) is 11.1 Å². The van der Waals surface area contributed by atoms with Gasteiger partial charge in [-0.15, -0.1) is 0 Å². The first-order chi connectivity index (χ1) is 11.1. The molecular weight excluding hydrogens is 348 g/mol. The monoisotopic (exact) mass is 358 g/mol. The van der Waals surface area contributed by atoms with Gasteiger partial charge in [-0.25, -0.2) is 4.79 Å². The average molecular weight is 358 g/mol. The summed E-state index contributed by atoms with van der Waals surface area (Å²) in [6.45, 7) is -1.58. The molecule has 0 atom stereocenters. The van der Waals surface area contributed by atoms with Gasteiger partial charge < -0.3 is 30.1 Å². The summed E-state index contributed by atoms with van der Waals surface area (Å²) in [6.07, 6.45) is -2.52. The first kappa shape index (κ1) is 18.7. The Bertz CT molecular complexity index is 718. The van der Waals surface area contributed by atoms with Gasteiger partial charge in [-0.3, -0.25) is 14.4 Å². The summed E-state index contributed by atoms with van der Waals surface area (Å²) in [5.41, 5.74) is -0.616. The molecule has 128 valence electrons. The molecular formula is C12H10N2O9S. The van der Waals surface area contributed by atoms with Gasteiger partial charge >= 0.3 is 24.1 Å². The number of carboxylic acids is 3. The lowest BCUT2D eigenvalue weighted by Gasteiger charge is -2.18. The van der Waals surface area contributed by atoms with Crippen LogP contribution < -0.4 is 9.64 Å². The smallest absolute Gasteiger partial charge is 0.481 e. The van der Waals surface area contributed by atoms with Gasteiger partial charge in [-0.05, 0) is 0 Å². The molecule has 0 spiro atoms. The molecule has 1 heterocycles. The molecule has 0 aliphatic heterocycles. The van der Waals surface area contributed by atoms with Crippen LogP contribution >= 0.6 is 11.3 Å². The number of hydrogen-bond donors (Lipinski definition) is 4. The van der Waals surface area contributed by atoms with Crippen LogP contribution in [0.4, 0.5) is 9.80 Å². The Morgan fingerprint density at radius 3 is 1.96 bits per heavy atom. The van der Waals surface area contributed by atoms with Crippen LogP contribution in [0.15, 0.2) is 0 Å². The number of nitrogens with zero attached hydrogens (tertiary/aromatic N) is 2. The molecule has 0 saturated carbocycles. The largest absolute Gasteiger partial charge is 0.512 e. The number of nitriles is 1. The van der Waals surface area contributed by atoms with Crippen molar-refractivity contribution in [1.82, 2.24) is 0 Å². The molecule has 0 aliphatic rings. The highest BCUT2D eigenvalue weighted by Gasteiger charge is 2.28. The SMILES string of the molecule is N#Cc1c(N(CC(=O)O)CC(=O)O)sc(OC(=O)O)c1CC(=O)O. The lowest BCUT2D eigenvalue weighted by atomic mass is 10.1. The number of aliphatic carboxylic acids is 3. The van der Waals surface area contributed by atoms with Crippen LogP contribution in [0.2, 0.25) is 0 Å². The molecule has 0 bridgehead atoms. The topological polar surface area (TPSA) is 185 Å². The highest BCUT2D eigenvalue weighted by atomic mass is 32.1. The van der Waals surface area contributed by atoms with Crippen LogP contribution in [0.1, 0.15) is 11.1 Å². The number of carboxylic acid groups (broad SMARTS) is 4. The molecule has 0 amide bonds. The average Bonchev–Trinajstić information content (AvgIpc) is 2.73. The first-order valence-electron chi connectivity index (χ1n) is 6.02. The van der Waals surface area contributed by atoms with Crippen molar-refractivity contribution < 1.29 is 44.3 Å². The summed E-state index contributed by atoms with van der Waals surface area (Å²) in [5, 5.41) is 43.9. The maximum atomic E-state index is 10.9. The van der Waals surface area contributed by atoms with Crippen LogP contribution in [0, 0.1) is 11.3 Å². The second-order valence-corrected chi connectivity index (χ2v) is 5.20. The Balaban J connectivity index is 3.48. The van der Waals surface area contributed by atoms with Crippen molar-refractivity contribution in [2.24, 2.45) is 0 Å². The van der Waals surface area contributed by atoms with Gasteiger partial charge in [0, 0.05) is 5.56 Å². The summed E-state index contributed by atoms with van der Waals surface area (Å²) >= 11 is 0.483. The van der Waals surface area contributed by atoms with Crippen molar-refractivity contribution in [1.29, 1.82) is 5.26 Å². The number of hydrogen-bond acceptors (Lipinski definition) is 8. The zero-order valence-corrected chi connectivity index (χ0v) is 12.6. The number of rotatable bonds is 8. The van der Waals surface area contributed by atoms with E-state index < -0.39 is 48.6 Å². The van der Waals surface area contributed by atoms with E-state index in [1.165, 1.54) is 0 Å². The Morgan fingerprint density at radius 1 is 1.04 bits per heavy atom. The summed E-state index contributed by atoms with van der Waals surface area (Å²) in [6, 6.07) is 1.64. The quantitative estimate of drug-likeness (QED) is 0.467. The van der Waals surface area contributed by atoms with Crippen molar-refractivity contribution in [3.05, 3.63) is 11.1 Å². The predicted molar refractivity (Wildman–Crippen MR) is 76.5 cm³/mol. The summed E-state index contributed by atoms with van der Waals surface area (Å²) in [5.74, 6) is -4.17.